The molecule has 5 nitrogen and oxygen atoms in total. The van der Waals surface area contributed by atoms with Crippen LogP contribution in [0.2, 0.25) is 0 Å². The largest absolute Gasteiger partial charge is 0.479 e. The molecule has 2 rings (SSSR count). The zero-order valence-electron chi connectivity index (χ0n) is 12.8. The molecule has 0 spiro atoms. The minimum atomic E-state index is -1.05. The Morgan fingerprint density at radius 3 is 2.52 bits per heavy atom. The third kappa shape index (κ3) is 2.93. The van der Waals surface area contributed by atoms with Crippen molar-refractivity contribution in [1.29, 1.82) is 0 Å². The minimum absolute atomic E-state index is 0.0881. The second-order valence-electron chi connectivity index (χ2n) is 5.75. The second-order valence-corrected chi connectivity index (χ2v) is 5.75. The van der Waals surface area contributed by atoms with E-state index in [0.717, 1.165) is 16.7 Å². The number of aliphatic carboxylic acids is 1. The van der Waals surface area contributed by atoms with Crippen LogP contribution in [-0.4, -0.2) is 40.6 Å². The number of carboxylic acids is 1. The molecule has 0 aliphatic carbocycles. The Bertz CT molecular complexity index is 567. The standard InChI is InChI=1S/C16H21NO4/c1-9(2)17-13(18)8-21-15(16(19)20)14(17)12-6-5-10(3)11(4)7-12/h5-7,9,14-15H,8H2,1-4H3,(H,19,20). The Kier molecular flexibility index (Phi) is 4.32. The lowest BCUT2D eigenvalue weighted by molar-refractivity contribution is -0.175. The molecule has 21 heavy (non-hydrogen) atoms. The van der Waals surface area contributed by atoms with E-state index in [1.807, 2.05) is 45.9 Å². The molecule has 0 radical (unpaired) electrons. The summed E-state index contributed by atoms with van der Waals surface area (Å²) in [6.07, 6.45) is -1.03. The van der Waals surface area contributed by atoms with Gasteiger partial charge in [-0.3, -0.25) is 4.79 Å². The van der Waals surface area contributed by atoms with Crippen LogP contribution in [0.4, 0.5) is 0 Å². The zero-order chi connectivity index (χ0) is 15.7. The smallest absolute Gasteiger partial charge is 0.335 e. The molecule has 0 saturated carbocycles. The SMILES string of the molecule is Cc1ccc(C2C(C(=O)O)OCC(=O)N2C(C)C)cc1C. The van der Waals surface area contributed by atoms with Crippen molar-refractivity contribution in [2.75, 3.05) is 6.61 Å². The normalized spacial score (nSPS) is 22.7. The van der Waals surface area contributed by atoms with E-state index in [2.05, 4.69) is 0 Å². The first-order valence-corrected chi connectivity index (χ1v) is 7.05. The molecule has 0 aromatic heterocycles. The summed E-state index contributed by atoms with van der Waals surface area (Å²) < 4.78 is 5.28. The van der Waals surface area contributed by atoms with Gasteiger partial charge in [0.25, 0.3) is 0 Å². The number of benzene rings is 1. The van der Waals surface area contributed by atoms with Gasteiger partial charge in [-0.15, -0.1) is 0 Å². The highest BCUT2D eigenvalue weighted by Gasteiger charge is 2.42. The van der Waals surface area contributed by atoms with Crippen molar-refractivity contribution in [3.63, 3.8) is 0 Å². The van der Waals surface area contributed by atoms with E-state index in [9.17, 15) is 14.7 Å². The van der Waals surface area contributed by atoms with Gasteiger partial charge in [0.05, 0.1) is 6.04 Å². The molecule has 5 heteroatoms. The molecule has 1 aliphatic heterocycles. The quantitative estimate of drug-likeness (QED) is 0.925. The number of ether oxygens (including phenoxy) is 1. The maximum Gasteiger partial charge on any atom is 0.335 e. The molecule has 2 unspecified atom stereocenters. The van der Waals surface area contributed by atoms with E-state index in [1.54, 1.807) is 4.90 Å². The predicted molar refractivity (Wildman–Crippen MR) is 78.0 cm³/mol. The van der Waals surface area contributed by atoms with Crippen LogP contribution in [0, 0.1) is 13.8 Å². The molecule has 2 atom stereocenters. The zero-order valence-corrected chi connectivity index (χ0v) is 12.8. The molecule has 1 aromatic rings. The van der Waals surface area contributed by atoms with E-state index in [-0.39, 0.29) is 18.6 Å². The first-order chi connectivity index (χ1) is 9.82. The lowest BCUT2D eigenvalue weighted by atomic mass is 9.94. The lowest BCUT2D eigenvalue weighted by Crippen LogP contribution is -2.54. The summed E-state index contributed by atoms with van der Waals surface area (Å²) in [4.78, 5) is 25.3. The molecule has 1 N–H and O–H groups in total. The van der Waals surface area contributed by atoms with Crippen molar-refractivity contribution >= 4 is 11.9 Å². The molecule has 114 valence electrons. The van der Waals surface area contributed by atoms with Crippen molar-refractivity contribution in [2.45, 2.75) is 45.9 Å². The number of rotatable bonds is 3. The molecule has 1 saturated heterocycles. The van der Waals surface area contributed by atoms with Crippen molar-refractivity contribution in [3.05, 3.63) is 34.9 Å². The number of morpholine rings is 1. The summed E-state index contributed by atoms with van der Waals surface area (Å²) >= 11 is 0. The van der Waals surface area contributed by atoms with Gasteiger partial charge in [0.15, 0.2) is 6.10 Å². The highest BCUT2D eigenvalue weighted by Crippen LogP contribution is 2.33. The third-order valence-electron chi connectivity index (χ3n) is 3.93. The minimum Gasteiger partial charge on any atom is -0.479 e. The summed E-state index contributed by atoms with van der Waals surface area (Å²) in [5.74, 6) is -1.22. The molecule has 1 heterocycles. The van der Waals surface area contributed by atoms with Gasteiger partial charge in [-0.1, -0.05) is 18.2 Å². The van der Waals surface area contributed by atoms with Crippen molar-refractivity contribution in [3.8, 4) is 0 Å². The average molecular weight is 291 g/mol. The van der Waals surface area contributed by atoms with Crippen LogP contribution in [0.5, 0.6) is 0 Å². The van der Waals surface area contributed by atoms with Crippen molar-refractivity contribution in [1.82, 2.24) is 4.90 Å². The van der Waals surface area contributed by atoms with Gasteiger partial charge in [-0.25, -0.2) is 4.79 Å². The van der Waals surface area contributed by atoms with E-state index in [4.69, 9.17) is 4.74 Å². The van der Waals surface area contributed by atoms with Crippen LogP contribution in [0.3, 0.4) is 0 Å². The van der Waals surface area contributed by atoms with E-state index in [0.29, 0.717) is 0 Å². The number of carboxylic acid groups (broad SMARTS) is 1. The second kappa shape index (κ2) is 5.85. The third-order valence-corrected chi connectivity index (χ3v) is 3.93. The fourth-order valence-electron chi connectivity index (χ4n) is 2.73. The Morgan fingerprint density at radius 2 is 2.00 bits per heavy atom. The van der Waals surface area contributed by atoms with Crippen LogP contribution in [-0.2, 0) is 14.3 Å². The van der Waals surface area contributed by atoms with Crippen LogP contribution in [0.15, 0.2) is 18.2 Å². The van der Waals surface area contributed by atoms with Crippen LogP contribution >= 0.6 is 0 Å². The Hall–Kier alpha value is -1.88. The number of nitrogens with zero attached hydrogens (tertiary/aromatic N) is 1. The number of carbonyl (C=O) groups is 2. The van der Waals surface area contributed by atoms with Crippen LogP contribution < -0.4 is 0 Å². The number of aryl methyl sites for hydroxylation is 2. The van der Waals surface area contributed by atoms with Gasteiger partial charge in [0.2, 0.25) is 5.91 Å². The summed E-state index contributed by atoms with van der Waals surface area (Å²) in [5, 5.41) is 9.42. The lowest BCUT2D eigenvalue weighted by Gasteiger charge is -2.42. The van der Waals surface area contributed by atoms with Crippen LogP contribution in [0.1, 0.15) is 36.6 Å². The van der Waals surface area contributed by atoms with E-state index >= 15 is 0 Å². The Morgan fingerprint density at radius 1 is 1.33 bits per heavy atom. The van der Waals surface area contributed by atoms with E-state index < -0.39 is 18.1 Å². The highest BCUT2D eigenvalue weighted by molar-refractivity contribution is 5.83. The number of hydrogen-bond donors (Lipinski definition) is 1. The predicted octanol–water partition coefficient (Wildman–Crippen LogP) is 2.06. The molecule has 1 fully saturated rings. The van der Waals surface area contributed by atoms with Crippen molar-refractivity contribution in [2.24, 2.45) is 0 Å². The number of amides is 1. The topological polar surface area (TPSA) is 66.8 Å². The Labute approximate surface area is 124 Å². The maximum absolute atomic E-state index is 12.1. The number of hydrogen-bond acceptors (Lipinski definition) is 3. The van der Waals surface area contributed by atoms with Crippen molar-refractivity contribution < 1.29 is 19.4 Å². The fourth-order valence-corrected chi connectivity index (χ4v) is 2.73. The molecule has 1 aliphatic rings. The molecule has 1 aromatic carbocycles. The first-order valence-electron chi connectivity index (χ1n) is 7.05. The van der Waals surface area contributed by atoms with Gasteiger partial charge in [-0.05, 0) is 44.4 Å². The molecular weight excluding hydrogens is 270 g/mol. The van der Waals surface area contributed by atoms with Gasteiger partial charge >= 0.3 is 5.97 Å². The van der Waals surface area contributed by atoms with Gasteiger partial charge in [0.1, 0.15) is 6.61 Å². The average Bonchev–Trinajstić information content (AvgIpc) is 2.40. The molecule has 0 bridgehead atoms. The monoisotopic (exact) mass is 291 g/mol. The maximum atomic E-state index is 12.1. The van der Waals surface area contributed by atoms with Gasteiger partial charge in [0, 0.05) is 6.04 Å². The summed E-state index contributed by atoms with van der Waals surface area (Å²) in [6, 6.07) is 5.08. The molecule has 1 amide bonds. The van der Waals surface area contributed by atoms with Gasteiger partial charge in [-0.2, -0.15) is 0 Å². The van der Waals surface area contributed by atoms with Gasteiger partial charge < -0.3 is 14.7 Å². The molecular formula is C16H21NO4. The number of carbonyl (C=O) groups excluding carboxylic acids is 1. The summed E-state index contributed by atoms with van der Waals surface area (Å²) in [5.41, 5.74) is 3.00. The summed E-state index contributed by atoms with van der Waals surface area (Å²) in [7, 11) is 0. The first kappa shape index (κ1) is 15.5. The fraction of sp³-hybridized carbons (Fsp3) is 0.500. The van der Waals surface area contributed by atoms with E-state index in [1.165, 1.54) is 0 Å². The summed E-state index contributed by atoms with van der Waals surface area (Å²) in [6.45, 7) is 7.55. The van der Waals surface area contributed by atoms with Crippen LogP contribution in [0.25, 0.3) is 0 Å². The highest BCUT2D eigenvalue weighted by atomic mass is 16.5. The Balaban J connectivity index is 2.51.